The normalized spacial score (nSPS) is 10.8. The Hall–Kier alpha value is -1.17. The molecule has 0 fully saturated rings. The summed E-state index contributed by atoms with van der Waals surface area (Å²) < 4.78 is 0. The molecule has 16 heavy (non-hydrogen) atoms. The number of benzene rings is 1. The van der Waals surface area contributed by atoms with Gasteiger partial charge in [-0.15, -0.1) is 0 Å². The highest BCUT2D eigenvalue weighted by Gasteiger charge is 2.18. The van der Waals surface area contributed by atoms with Crippen molar-refractivity contribution < 1.29 is 15.1 Å². The summed E-state index contributed by atoms with van der Waals surface area (Å²) in [6.07, 6.45) is 0. The molecule has 0 amide bonds. The predicted octanol–water partition coefficient (Wildman–Crippen LogP) is 1.62. The maximum absolute atomic E-state index is 10.6. The molecule has 0 aromatic heterocycles. The SMILES string of the molecule is Cc1c(Cl)cc([N+](=O)[O-])cc1C(CO)CO. The van der Waals surface area contributed by atoms with Gasteiger partial charge in [-0.2, -0.15) is 0 Å². The van der Waals surface area contributed by atoms with E-state index in [0.717, 1.165) is 0 Å². The van der Waals surface area contributed by atoms with Gasteiger partial charge in [-0.1, -0.05) is 11.6 Å². The summed E-state index contributed by atoms with van der Waals surface area (Å²) >= 11 is 5.85. The molecular weight excluding hydrogens is 234 g/mol. The Balaban J connectivity index is 3.31. The van der Waals surface area contributed by atoms with Crippen LogP contribution >= 0.6 is 11.6 Å². The zero-order chi connectivity index (χ0) is 12.3. The number of nitro groups is 1. The topological polar surface area (TPSA) is 83.6 Å². The molecule has 88 valence electrons. The number of halogens is 1. The van der Waals surface area contributed by atoms with Crippen LogP contribution in [0.4, 0.5) is 5.69 Å². The Morgan fingerprint density at radius 2 is 2.00 bits per heavy atom. The molecule has 0 heterocycles. The fourth-order valence-corrected chi connectivity index (χ4v) is 1.69. The molecule has 2 N–H and O–H groups in total. The van der Waals surface area contributed by atoms with E-state index in [0.29, 0.717) is 11.1 Å². The van der Waals surface area contributed by atoms with Crippen LogP contribution in [-0.4, -0.2) is 28.4 Å². The van der Waals surface area contributed by atoms with E-state index in [1.807, 2.05) is 0 Å². The summed E-state index contributed by atoms with van der Waals surface area (Å²) in [6, 6.07) is 2.59. The maximum Gasteiger partial charge on any atom is 0.271 e. The van der Waals surface area contributed by atoms with E-state index in [-0.39, 0.29) is 23.9 Å². The van der Waals surface area contributed by atoms with Gasteiger partial charge >= 0.3 is 0 Å². The third-order valence-electron chi connectivity index (χ3n) is 2.46. The van der Waals surface area contributed by atoms with E-state index in [1.54, 1.807) is 6.92 Å². The molecule has 1 aromatic carbocycles. The van der Waals surface area contributed by atoms with Crippen LogP contribution in [0.1, 0.15) is 17.0 Å². The van der Waals surface area contributed by atoms with Crippen molar-refractivity contribution in [3.05, 3.63) is 38.4 Å². The van der Waals surface area contributed by atoms with Crippen molar-refractivity contribution in [2.75, 3.05) is 13.2 Å². The third kappa shape index (κ3) is 2.49. The first-order valence-corrected chi connectivity index (χ1v) is 5.05. The first-order valence-electron chi connectivity index (χ1n) is 4.67. The summed E-state index contributed by atoms with van der Waals surface area (Å²) in [6.45, 7) is 1.13. The molecule has 6 heteroatoms. The lowest BCUT2D eigenvalue weighted by molar-refractivity contribution is -0.384. The monoisotopic (exact) mass is 245 g/mol. The average Bonchev–Trinajstić information content (AvgIpc) is 2.25. The van der Waals surface area contributed by atoms with Gasteiger partial charge < -0.3 is 10.2 Å². The molecule has 0 unspecified atom stereocenters. The van der Waals surface area contributed by atoms with E-state index in [4.69, 9.17) is 21.8 Å². The highest BCUT2D eigenvalue weighted by molar-refractivity contribution is 6.31. The Morgan fingerprint density at radius 3 is 2.44 bits per heavy atom. The molecule has 1 aromatic rings. The molecular formula is C10H12ClNO4. The van der Waals surface area contributed by atoms with Crippen LogP contribution in [0.2, 0.25) is 5.02 Å². The fourth-order valence-electron chi connectivity index (χ4n) is 1.47. The van der Waals surface area contributed by atoms with Gasteiger partial charge in [0.1, 0.15) is 0 Å². The van der Waals surface area contributed by atoms with E-state index in [1.165, 1.54) is 12.1 Å². The molecule has 0 aliphatic heterocycles. The van der Waals surface area contributed by atoms with E-state index < -0.39 is 10.8 Å². The van der Waals surface area contributed by atoms with Crippen LogP contribution < -0.4 is 0 Å². The number of rotatable bonds is 4. The quantitative estimate of drug-likeness (QED) is 0.624. The maximum atomic E-state index is 10.6. The van der Waals surface area contributed by atoms with Gasteiger partial charge in [0.25, 0.3) is 5.69 Å². The lowest BCUT2D eigenvalue weighted by Gasteiger charge is -2.15. The molecule has 0 spiro atoms. The van der Waals surface area contributed by atoms with E-state index in [9.17, 15) is 10.1 Å². The Labute approximate surface area is 97.4 Å². The number of non-ortho nitro benzene ring substituents is 1. The number of hydrogen-bond donors (Lipinski definition) is 2. The van der Waals surface area contributed by atoms with Crippen molar-refractivity contribution >= 4 is 17.3 Å². The second kappa shape index (κ2) is 5.25. The van der Waals surface area contributed by atoms with Crippen molar-refractivity contribution in [1.82, 2.24) is 0 Å². The minimum absolute atomic E-state index is 0.141. The summed E-state index contributed by atoms with van der Waals surface area (Å²) in [4.78, 5) is 10.1. The van der Waals surface area contributed by atoms with Crippen molar-refractivity contribution in [3.8, 4) is 0 Å². The fraction of sp³-hybridized carbons (Fsp3) is 0.400. The van der Waals surface area contributed by atoms with Crippen LogP contribution in [0, 0.1) is 17.0 Å². The molecule has 0 saturated carbocycles. The second-order valence-corrected chi connectivity index (χ2v) is 3.87. The van der Waals surface area contributed by atoms with Gasteiger partial charge in [-0.25, -0.2) is 0 Å². The van der Waals surface area contributed by atoms with Crippen molar-refractivity contribution in [3.63, 3.8) is 0 Å². The van der Waals surface area contributed by atoms with Crippen molar-refractivity contribution in [2.45, 2.75) is 12.8 Å². The van der Waals surface area contributed by atoms with Gasteiger partial charge in [-0.3, -0.25) is 10.1 Å². The first kappa shape index (κ1) is 12.9. The first-order chi connectivity index (χ1) is 7.51. The summed E-state index contributed by atoms with van der Waals surface area (Å²) in [7, 11) is 0. The number of nitro benzene ring substituents is 1. The Morgan fingerprint density at radius 1 is 1.44 bits per heavy atom. The Bertz CT molecular complexity index is 404. The standard InChI is InChI=1S/C10H12ClNO4/c1-6-9(7(4-13)5-14)2-8(12(15)16)3-10(6)11/h2-3,7,13-14H,4-5H2,1H3. The number of aliphatic hydroxyl groups excluding tert-OH is 2. The van der Waals surface area contributed by atoms with Crippen LogP contribution in [0.15, 0.2) is 12.1 Å². The molecule has 1 rings (SSSR count). The average molecular weight is 246 g/mol. The third-order valence-corrected chi connectivity index (χ3v) is 2.85. The Kier molecular flexibility index (Phi) is 4.23. The molecule has 0 aliphatic rings. The molecule has 5 nitrogen and oxygen atoms in total. The van der Waals surface area contributed by atoms with Gasteiger partial charge in [0.05, 0.1) is 23.2 Å². The van der Waals surface area contributed by atoms with Gasteiger partial charge in [0.2, 0.25) is 0 Å². The van der Waals surface area contributed by atoms with E-state index >= 15 is 0 Å². The molecule has 0 saturated heterocycles. The number of nitrogens with zero attached hydrogens (tertiary/aromatic N) is 1. The number of aliphatic hydroxyl groups is 2. The minimum atomic E-state index is -0.555. The van der Waals surface area contributed by atoms with Gasteiger partial charge in [0.15, 0.2) is 0 Å². The summed E-state index contributed by atoms with van der Waals surface area (Å²) in [5.74, 6) is -0.544. The summed E-state index contributed by atoms with van der Waals surface area (Å²) in [5, 5.41) is 29.0. The van der Waals surface area contributed by atoms with Crippen LogP contribution in [-0.2, 0) is 0 Å². The minimum Gasteiger partial charge on any atom is -0.396 e. The summed E-state index contributed by atoms with van der Waals surface area (Å²) in [5.41, 5.74) is 1.00. The van der Waals surface area contributed by atoms with Crippen molar-refractivity contribution in [2.24, 2.45) is 0 Å². The predicted molar refractivity (Wildman–Crippen MR) is 59.8 cm³/mol. The van der Waals surface area contributed by atoms with E-state index in [2.05, 4.69) is 0 Å². The molecule has 0 aliphatic carbocycles. The highest BCUT2D eigenvalue weighted by Crippen LogP contribution is 2.30. The largest absolute Gasteiger partial charge is 0.396 e. The lowest BCUT2D eigenvalue weighted by atomic mass is 9.95. The lowest BCUT2D eigenvalue weighted by Crippen LogP contribution is -2.11. The zero-order valence-electron chi connectivity index (χ0n) is 8.68. The van der Waals surface area contributed by atoms with Crippen molar-refractivity contribution in [1.29, 1.82) is 0 Å². The van der Waals surface area contributed by atoms with Crippen LogP contribution in [0.25, 0.3) is 0 Å². The molecule has 0 bridgehead atoms. The van der Waals surface area contributed by atoms with Gasteiger partial charge in [0, 0.05) is 18.1 Å². The van der Waals surface area contributed by atoms with Crippen LogP contribution in [0.3, 0.4) is 0 Å². The highest BCUT2D eigenvalue weighted by atomic mass is 35.5. The second-order valence-electron chi connectivity index (χ2n) is 3.46. The van der Waals surface area contributed by atoms with Gasteiger partial charge in [-0.05, 0) is 18.1 Å². The zero-order valence-corrected chi connectivity index (χ0v) is 9.44. The van der Waals surface area contributed by atoms with Crippen LogP contribution in [0.5, 0.6) is 0 Å². The molecule has 0 radical (unpaired) electrons. The number of hydrogen-bond acceptors (Lipinski definition) is 4. The molecule has 0 atom stereocenters. The smallest absolute Gasteiger partial charge is 0.271 e.